The van der Waals surface area contributed by atoms with Gasteiger partial charge in [-0.2, -0.15) is 0 Å². The molecule has 1 aromatic heterocycles. The number of hydrogen-bond acceptors (Lipinski definition) is 3. The summed E-state index contributed by atoms with van der Waals surface area (Å²) in [6, 6.07) is 5.84. The molecule has 0 bridgehead atoms. The van der Waals surface area contributed by atoms with Crippen molar-refractivity contribution in [2.24, 2.45) is 4.99 Å². The number of halogens is 1. The van der Waals surface area contributed by atoms with E-state index in [0.29, 0.717) is 19.0 Å². The first-order chi connectivity index (χ1) is 9.76. The number of carbonyl (C=O) groups is 1. The molecule has 1 amide bonds. The molecule has 6 nitrogen and oxygen atoms in total. The van der Waals surface area contributed by atoms with Gasteiger partial charge in [-0.05, 0) is 18.6 Å². The van der Waals surface area contributed by atoms with Crippen LogP contribution in [0.3, 0.4) is 0 Å². The minimum atomic E-state index is -0.0282. The Morgan fingerprint density at radius 1 is 1.24 bits per heavy atom. The van der Waals surface area contributed by atoms with Crippen molar-refractivity contribution in [1.29, 1.82) is 0 Å². The zero-order valence-corrected chi connectivity index (χ0v) is 14.9. The third-order valence-electron chi connectivity index (χ3n) is 2.61. The Kier molecular flexibility index (Phi) is 11.6. The van der Waals surface area contributed by atoms with Gasteiger partial charge in [-0.15, -0.1) is 24.0 Å². The fourth-order valence-corrected chi connectivity index (χ4v) is 1.57. The minimum absolute atomic E-state index is 0. The average Bonchev–Trinajstić information content (AvgIpc) is 2.49. The maximum absolute atomic E-state index is 11.5. The molecule has 1 aromatic rings. The maximum Gasteiger partial charge on any atom is 0.239 e. The second-order valence-corrected chi connectivity index (χ2v) is 4.27. The SMILES string of the molecule is CCCNC(=O)CNC(=NC)NCCc1ccccn1.I. The van der Waals surface area contributed by atoms with Crippen LogP contribution in [-0.4, -0.2) is 43.5 Å². The van der Waals surface area contributed by atoms with Gasteiger partial charge in [-0.1, -0.05) is 13.0 Å². The van der Waals surface area contributed by atoms with Crippen molar-refractivity contribution in [3.8, 4) is 0 Å². The lowest BCUT2D eigenvalue weighted by molar-refractivity contribution is -0.120. The molecule has 0 saturated carbocycles. The molecule has 21 heavy (non-hydrogen) atoms. The number of aliphatic imine (C=N–C) groups is 1. The van der Waals surface area contributed by atoms with Crippen molar-refractivity contribution in [3.63, 3.8) is 0 Å². The van der Waals surface area contributed by atoms with E-state index in [1.165, 1.54) is 0 Å². The summed E-state index contributed by atoms with van der Waals surface area (Å²) in [6.45, 7) is 3.66. The van der Waals surface area contributed by atoms with Crippen molar-refractivity contribution in [1.82, 2.24) is 20.9 Å². The molecule has 0 radical (unpaired) electrons. The summed E-state index contributed by atoms with van der Waals surface area (Å²) >= 11 is 0. The van der Waals surface area contributed by atoms with E-state index in [2.05, 4.69) is 25.9 Å². The number of aromatic nitrogens is 1. The van der Waals surface area contributed by atoms with E-state index in [1.807, 2.05) is 25.1 Å². The molecule has 0 fully saturated rings. The van der Waals surface area contributed by atoms with Gasteiger partial charge in [-0.25, -0.2) is 0 Å². The monoisotopic (exact) mass is 405 g/mol. The van der Waals surface area contributed by atoms with Crippen LogP contribution in [-0.2, 0) is 11.2 Å². The molecule has 0 aliphatic rings. The Labute approximate surface area is 143 Å². The summed E-state index contributed by atoms with van der Waals surface area (Å²) < 4.78 is 0. The van der Waals surface area contributed by atoms with E-state index >= 15 is 0 Å². The normalized spacial score (nSPS) is 10.5. The highest BCUT2D eigenvalue weighted by atomic mass is 127. The van der Waals surface area contributed by atoms with Crippen molar-refractivity contribution in [3.05, 3.63) is 30.1 Å². The third kappa shape index (κ3) is 9.22. The lowest BCUT2D eigenvalue weighted by Crippen LogP contribution is -2.43. The summed E-state index contributed by atoms with van der Waals surface area (Å²) in [6.07, 6.45) is 3.52. The smallest absolute Gasteiger partial charge is 0.239 e. The standard InChI is InChI=1S/C14H23N5O.HI/c1-3-8-17-13(20)11-19-14(15-2)18-10-7-12-6-4-5-9-16-12;/h4-6,9H,3,7-8,10-11H2,1-2H3,(H,17,20)(H2,15,18,19);1H. The number of rotatable bonds is 7. The molecular formula is C14H24IN5O. The van der Waals surface area contributed by atoms with Gasteiger partial charge >= 0.3 is 0 Å². The van der Waals surface area contributed by atoms with E-state index in [9.17, 15) is 4.79 Å². The third-order valence-corrected chi connectivity index (χ3v) is 2.61. The molecule has 1 heterocycles. The van der Waals surface area contributed by atoms with E-state index in [-0.39, 0.29) is 36.4 Å². The van der Waals surface area contributed by atoms with Crippen molar-refractivity contribution in [2.75, 3.05) is 26.7 Å². The molecule has 1 rings (SSSR count). The topological polar surface area (TPSA) is 78.4 Å². The Morgan fingerprint density at radius 3 is 2.67 bits per heavy atom. The van der Waals surface area contributed by atoms with Crippen LogP contribution in [0.5, 0.6) is 0 Å². The van der Waals surface area contributed by atoms with Crippen LogP contribution in [0.25, 0.3) is 0 Å². The number of amides is 1. The predicted octanol–water partition coefficient (Wildman–Crippen LogP) is 0.933. The minimum Gasteiger partial charge on any atom is -0.356 e. The van der Waals surface area contributed by atoms with E-state index in [0.717, 1.165) is 18.5 Å². The van der Waals surface area contributed by atoms with Gasteiger partial charge < -0.3 is 16.0 Å². The molecule has 7 heteroatoms. The van der Waals surface area contributed by atoms with Gasteiger partial charge in [0.15, 0.2) is 5.96 Å². The van der Waals surface area contributed by atoms with Gasteiger partial charge in [0.1, 0.15) is 0 Å². The molecule has 0 unspecified atom stereocenters. The highest BCUT2D eigenvalue weighted by Crippen LogP contribution is 1.92. The lowest BCUT2D eigenvalue weighted by atomic mass is 10.3. The first-order valence-electron chi connectivity index (χ1n) is 6.87. The van der Waals surface area contributed by atoms with Gasteiger partial charge in [0.05, 0.1) is 6.54 Å². The summed E-state index contributed by atoms with van der Waals surface area (Å²) in [5.41, 5.74) is 1.02. The Morgan fingerprint density at radius 2 is 2.05 bits per heavy atom. The quantitative estimate of drug-likeness (QED) is 0.359. The van der Waals surface area contributed by atoms with Crippen molar-refractivity contribution < 1.29 is 4.79 Å². The van der Waals surface area contributed by atoms with Gasteiger partial charge in [0.2, 0.25) is 5.91 Å². The van der Waals surface area contributed by atoms with Gasteiger partial charge in [-0.3, -0.25) is 14.8 Å². The Hall–Kier alpha value is -1.38. The fraction of sp³-hybridized carbons (Fsp3) is 0.500. The van der Waals surface area contributed by atoms with E-state index in [1.54, 1.807) is 13.2 Å². The number of nitrogens with zero attached hydrogens (tertiary/aromatic N) is 2. The van der Waals surface area contributed by atoms with Crippen LogP contribution in [0.15, 0.2) is 29.4 Å². The van der Waals surface area contributed by atoms with Crippen LogP contribution in [0.2, 0.25) is 0 Å². The number of pyridine rings is 1. The zero-order chi connectivity index (χ0) is 14.6. The maximum atomic E-state index is 11.5. The van der Waals surface area contributed by atoms with Crippen LogP contribution in [0, 0.1) is 0 Å². The molecular weight excluding hydrogens is 381 g/mol. The van der Waals surface area contributed by atoms with Gasteiger partial charge in [0, 0.05) is 38.4 Å². The van der Waals surface area contributed by atoms with Crippen LogP contribution >= 0.6 is 24.0 Å². The summed E-state index contributed by atoms with van der Waals surface area (Å²) in [7, 11) is 1.68. The highest BCUT2D eigenvalue weighted by Gasteiger charge is 2.02. The summed E-state index contributed by atoms with van der Waals surface area (Å²) in [5, 5.41) is 8.92. The average molecular weight is 405 g/mol. The lowest BCUT2D eigenvalue weighted by Gasteiger charge is -2.11. The number of nitrogens with one attached hydrogen (secondary N) is 3. The second kappa shape index (κ2) is 12.4. The van der Waals surface area contributed by atoms with Crippen LogP contribution < -0.4 is 16.0 Å². The first-order valence-corrected chi connectivity index (χ1v) is 6.87. The number of carbonyl (C=O) groups excluding carboxylic acids is 1. The molecule has 0 aromatic carbocycles. The zero-order valence-electron chi connectivity index (χ0n) is 12.6. The van der Waals surface area contributed by atoms with Crippen LogP contribution in [0.1, 0.15) is 19.0 Å². The fourth-order valence-electron chi connectivity index (χ4n) is 1.57. The largest absolute Gasteiger partial charge is 0.356 e. The van der Waals surface area contributed by atoms with E-state index in [4.69, 9.17) is 0 Å². The number of hydrogen-bond donors (Lipinski definition) is 3. The van der Waals surface area contributed by atoms with Crippen molar-refractivity contribution >= 4 is 35.8 Å². The molecule has 0 aliphatic carbocycles. The highest BCUT2D eigenvalue weighted by molar-refractivity contribution is 14.0. The van der Waals surface area contributed by atoms with E-state index < -0.39 is 0 Å². The van der Waals surface area contributed by atoms with Crippen molar-refractivity contribution in [2.45, 2.75) is 19.8 Å². The molecule has 0 aliphatic heterocycles. The Balaban J connectivity index is 0.00000400. The molecule has 0 saturated heterocycles. The molecule has 0 atom stereocenters. The molecule has 0 spiro atoms. The summed E-state index contributed by atoms with van der Waals surface area (Å²) in [4.78, 5) is 19.8. The van der Waals surface area contributed by atoms with Crippen LogP contribution in [0.4, 0.5) is 0 Å². The molecule has 3 N–H and O–H groups in total. The first kappa shape index (κ1) is 19.6. The Bertz CT molecular complexity index is 425. The van der Waals surface area contributed by atoms with Gasteiger partial charge in [0.25, 0.3) is 0 Å². The molecule has 118 valence electrons. The predicted molar refractivity (Wildman–Crippen MR) is 96.0 cm³/mol. The number of guanidine groups is 1. The summed E-state index contributed by atoms with van der Waals surface area (Å²) in [5.74, 6) is 0.590. The second-order valence-electron chi connectivity index (χ2n) is 4.27.